The lowest BCUT2D eigenvalue weighted by molar-refractivity contribution is 0.104. The molecule has 0 atom stereocenters. The zero-order chi connectivity index (χ0) is 11.7. The van der Waals surface area contributed by atoms with Gasteiger partial charge in [0.05, 0.1) is 9.21 Å². The SMILES string of the molecule is Cc1cc(Br)cc(C(=O)c2ccc(Cl)s2)c1. The molecule has 0 saturated heterocycles. The molecule has 0 aliphatic rings. The molecule has 0 spiro atoms. The van der Waals surface area contributed by atoms with Gasteiger partial charge in [-0.05, 0) is 42.8 Å². The zero-order valence-corrected chi connectivity index (χ0v) is 11.6. The molecule has 16 heavy (non-hydrogen) atoms. The van der Waals surface area contributed by atoms with E-state index in [-0.39, 0.29) is 5.78 Å². The van der Waals surface area contributed by atoms with Crippen molar-refractivity contribution in [2.45, 2.75) is 6.92 Å². The zero-order valence-electron chi connectivity index (χ0n) is 8.46. The highest BCUT2D eigenvalue weighted by Gasteiger charge is 2.12. The van der Waals surface area contributed by atoms with Crippen LogP contribution in [0.4, 0.5) is 0 Å². The fourth-order valence-electron chi connectivity index (χ4n) is 1.45. The number of carbonyl (C=O) groups excluding carboxylic acids is 1. The number of rotatable bonds is 2. The van der Waals surface area contributed by atoms with Gasteiger partial charge in [0.1, 0.15) is 0 Å². The Balaban J connectivity index is 2.41. The van der Waals surface area contributed by atoms with Gasteiger partial charge < -0.3 is 0 Å². The summed E-state index contributed by atoms with van der Waals surface area (Å²) >= 11 is 10.5. The van der Waals surface area contributed by atoms with Crippen LogP contribution >= 0.6 is 38.9 Å². The van der Waals surface area contributed by atoms with Crippen LogP contribution in [-0.2, 0) is 0 Å². The third kappa shape index (κ3) is 2.54. The van der Waals surface area contributed by atoms with Crippen LogP contribution in [0.3, 0.4) is 0 Å². The number of thiophene rings is 1. The molecule has 4 heteroatoms. The van der Waals surface area contributed by atoms with Crippen LogP contribution in [0.15, 0.2) is 34.8 Å². The first-order valence-corrected chi connectivity index (χ1v) is 6.62. The van der Waals surface area contributed by atoms with Crippen molar-refractivity contribution in [3.05, 3.63) is 55.1 Å². The maximum absolute atomic E-state index is 12.1. The monoisotopic (exact) mass is 314 g/mol. The van der Waals surface area contributed by atoms with Crippen LogP contribution in [0.25, 0.3) is 0 Å². The summed E-state index contributed by atoms with van der Waals surface area (Å²) in [4.78, 5) is 12.8. The Morgan fingerprint density at radius 2 is 2.06 bits per heavy atom. The Hall–Kier alpha value is -0.640. The number of hydrogen-bond donors (Lipinski definition) is 0. The molecule has 0 bridgehead atoms. The number of halogens is 2. The molecule has 0 unspecified atom stereocenters. The van der Waals surface area contributed by atoms with Crippen molar-refractivity contribution < 1.29 is 4.79 Å². The largest absolute Gasteiger partial charge is 0.288 e. The first kappa shape index (κ1) is 11.8. The van der Waals surface area contributed by atoms with E-state index in [1.54, 1.807) is 12.1 Å². The van der Waals surface area contributed by atoms with E-state index in [2.05, 4.69) is 15.9 Å². The lowest BCUT2D eigenvalue weighted by Crippen LogP contribution is -1.98. The first-order chi connectivity index (χ1) is 7.56. The van der Waals surface area contributed by atoms with Crippen molar-refractivity contribution in [3.8, 4) is 0 Å². The van der Waals surface area contributed by atoms with Crippen molar-refractivity contribution in [1.82, 2.24) is 0 Å². The second kappa shape index (κ2) is 4.70. The van der Waals surface area contributed by atoms with E-state index < -0.39 is 0 Å². The second-order valence-corrected chi connectivity index (χ2v) is 6.08. The van der Waals surface area contributed by atoms with Gasteiger partial charge in [0.2, 0.25) is 5.78 Å². The van der Waals surface area contributed by atoms with Crippen LogP contribution in [0.1, 0.15) is 20.8 Å². The highest BCUT2D eigenvalue weighted by Crippen LogP contribution is 2.25. The number of carbonyl (C=O) groups is 1. The molecule has 0 radical (unpaired) electrons. The van der Waals surface area contributed by atoms with Crippen LogP contribution < -0.4 is 0 Å². The number of hydrogen-bond acceptors (Lipinski definition) is 2. The minimum absolute atomic E-state index is 0.0151. The lowest BCUT2D eigenvalue weighted by atomic mass is 10.1. The van der Waals surface area contributed by atoms with Gasteiger partial charge in [0, 0.05) is 10.0 Å². The molecule has 0 fully saturated rings. The van der Waals surface area contributed by atoms with Gasteiger partial charge in [-0.15, -0.1) is 11.3 Å². The number of ketones is 1. The normalized spacial score (nSPS) is 10.4. The van der Waals surface area contributed by atoms with Crippen molar-refractivity contribution in [1.29, 1.82) is 0 Å². The van der Waals surface area contributed by atoms with Crippen molar-refractivity contribution in [3.63, 3.8) is 0 Å². The maximum atomic E-state index is 12.1. The average Bonchev–Trinajstić information content (AvgIpc) is 2.62. The van der Waals surface area contributed by atoms with E-state index in [4.69, 9.17) is 11.6 Å². The molecule has 0 N–H and O–H groups in total. The fourth-order valence-corrected chi connectivity index (χ4v) is 3.06. The van der Waals surface area contributed by atoms with Crippen LogP contribution in [0.5, 0.6) is 0 Å². The minimum Gasteiger partial charge on any atom is -0.288 e. The summed E-state index contributed by atoms with van der Waals surface area (Å²) in [5.41, 5.74) is 1.74. The molecule has 1 heterocycles. The fraction of sp³-hybridized carbons (Fsp3) is 0.0833. The highest BCUT2D eigenvalue weighted by atomic mass is 79.9. The third-order valence-electron chi connectivity index (χ3n) is 2.10. The van der Waals surface area contributed by atoms with Crippen molar-refractivity contribution in [2.75, 3.05) is 0 Å². The minimum atomic E-state index is 0.0151. The second-order valence-electron chi connectivity index (χ2n) is 3.45. The smallest absolute Gasteiger partial charge is 0.203 e. The number of aryl methyl sites for hydroxylation is 1. The maximum Gasteiger partial charge on any atom is 0.203 e. The van der Waals surface area contributed by atoms with Gasteiger partial charge in [-0.3, -0.25) is 4.79 Å². The van der Waals surface area contributed by atoms with Gasteiger partial charge >= 0.3 is 0 Å². The molecular weight excluding hydrogens is 308 g/mol. The van der Waals surface area contributed by atoms with Gasteiger partial charge in [0.15, 0.2) is 0 Å². The van der Waals surface area contributed by atoms with E-state index in [0.717, 1.165) is 10.0 Å². The van der Waals surface area contributed by atoms with Crippen molar-refractivity contribution >= 4 is 44.7 Å². The molecule has 0 saturated carbocycles. The first-order valence-electron chi connectivity index (χ1n) is 4.63. The standard InChI is InChI=1S/C12H8BrClOS/c1-7-4-8(6-9(13)5-7)12(15)10-2-3-11(14)16-10/h2-6H,1H3. The summed E-state index contributed by atoms with van der Waals surface area (Å²) in [6.45, 7) is 1.96. The van der Waals surface area contributed by atoms with Gasteiger partial charge in [0.25, 0.3) is 0 Å². The summed E-state index contributed by atoms with van der Waals surface area (Å²) in [5.74, 6) is 0.0151. The van der Waals surface area contributed by atoms with E-state index in [9.17, 15) is 4.79 Å². The summed E-state index contributed by atoms with van der Waals surface area (Å²) < 4.78 is 1.55. The number of benzene rings is 1. The van der Waals surface area contributed by atoms with Gasteiger partial charge in [-0.25, -0.2) is 0 Å². The van der Waals surface area contributed by atoms with Crippen LogP contribution in [-0.4, -0.2) is 5.78 Å². The summed E-state index contributed by atoms with van der Waals surface area (Å²) in [7, 11) is 0. The molecule has 82 valence electrons. The quantitative estimate of drug-likeness (QED) is 0.734. The molecule has 0 amide bonds. The molecule has 1 aromatic heterocycles. The topological polar surface area (TPSA) is 17.1 Å². The van der Waals surface area contributed by atoms with E-state index in [1.165, 1.54) is 11.3 Å². The van der Waals surface area contributed by atoms with E-state index >= 15 is 0 Å². The summed E-state index contributed by atoms with van der Waals surface area (Å²) in [5, 5.41) is 0. The Kier molecular flexibility index (Phi) is 3.47. The molecule has 1 nitrogen and oxygen atoms in total. The molecule has 2 rings (SSSR count). The summed E-state index contributed by atoms with van der Waals surface area (Å²) in [6, 6.07) is 9.16. The Morgan fingerprint density at radius 1 is 1.31 bits per heavy atom. The Labute approximate surface area is 111 Å². The predicted molar refractivity (Wildman–Crippen MR) is 71.6 cm³/mol. The van der Waals surface area contributed by atoms with Crippen LogP contribution in [0.2, 0.25) is 4.34 Å². The molecule has 1 aromatic carbocycles. The van der Waals surface area contributed by atoms with Gasteiger partial charge in [-0.1, -0.05) is 27.5 Å². The van der Waals surface area contributed by atoms with E-state index in [0.29, 0.717) is 14.8 Å². The molecular formula is C12H8BrClOS. The molecule has 0 aliphatic carbocycles. The van der Waals surface area contributed by atoms with Crippen molar-refractivity contribution in [2.24, 2.45) is 0 Å². The molecule has 0 aliphatic heterocycles. The van der Waals surface area contributed by atoms with E-state index in [1.807, 2.05) is 25.1 Å². The average molecular weight is 316 g/mol. The Bertz CT molecular complexity index is 527. The van der Waals surface area contributed by atoms with Gasteiger partial charge in [-0.2, -0.15) is 0 Å². The lowest BCUT2D eigenvalue weighted by Gasteiger charge is -2.01. The highest BCUT2D eigenvalue weighted by molar-refractivity contribution is 9.10. The summed E-state index contributed by atoms with van der Waals surface area (Å²) in [6.07, 6.45) is 0. The molecule has 2 aromatic rings. The third-order valence-corrected chi connectivity index (χ3v) is 3.79. The Morgan fingerprint density at radius 3 is 2.62 bits per heavy atom. The predicted octanol–water partition coefficient (Wildman–Crippen LogP) is 4.70. The van der Waals surface area contributed by atoms with Crippen LogP contribution in [0, 0.1) is 6.92 Å².